The molecule has 0 spiro atoms. The Labute approximate surface area is 37.2 Å². The van der Waals surface area contributed by atoms with Gasteiger partial charge >= 0.3 is 0 Å². The predicted molar refractivity (Wildman–Crippen MR) is 25.4 cm³/mol. The van der Waals surface area contributed by atoms with Gasteiger partial charge in [-0.1, -0.05) is 18.1 Å². The van der Waals surface area contributed by atoms with E-state index >= 15 is 0 Å². The van der Waals surface area contributed by atoms with E-state index in [2.05, 4.69) is 18.1 Å². The summed E-state index contributed by atoms with van der Waals surface area (Å²) in [6.07, 6.45) is 6.75. The molecule has 0 aliphatic rings. The molecule has 1 heteroatoms. The van der Waals surface area contributed by atoms with E-state index in [1.54, 1.807) is 0 Å². The van der Waals surface area contributed by atoms with Gasteiger partial charge in [-0.05, 0) is 11.8 Å². The minimum atomic E-state index is 0.495. The molecule has 0 aromatic carbocycles. The van der Waals surface area contributed by atoms with Gasteiger partial charge in [0.2, 0.25) is 0 Å². The lowest BCUT2D eigenvalue weighted by Crippen LogP contribution is -1.55. The third kappa shape index (κ3) is 3.65. The molecule has 0 heterocycles. The van der Waals surface area contributed by atoms with Crippen molar-refractivity contribution in [3.05, 3.63) is 6.42 Å². The van der Waals surface area contributed by atoms with Crippen LogP contribution < -0.4 is 0 Å². The van der Waals surface area contributed by atoms with Crippen molar-refractivity contribution in [2.24, 2.45) is 0 Å². The normalized spacial score (nSPS) is 5.40. The lowest BCUT2D eigenvalue weighted by atomic mass is 10.5. The molecule has 0 saturated carbocycles. The predicted octanol–water partition coefficient (Wildman–Crippen LogP) is 0.966. The van der Waals surface area contributed by atoms with Crippen molar-refractivity contribution in [1.82, 2.24) is 0 Å². The highest BCUT2D eigenvalue weighted by Crippen LogP contribution is 1.61. The SMILES string of the molecule is [C]#CCC=S. The van der Waals surface area contributed by atoms with Crippen LogP contribution in [0.1, 0.15) is 6.42 Å². The monoisotopic (exact) mass is 83.0 g/mol. The van der Waals surface area contributed by atoms with E-state index in [0.717, 1.165) is 0 Å². The summed E-state index contributed by atoms with van der Waals surface area (Å²) in [6, 6.07) is 0. The highest BCUT2D eigenvalue weighted by atomic mass is 32.1. The topological polar surface area (TPSA) is 0 Å². The molecule has 0 unspecified atom stereocenters. The molecule has 25 valence electrons. The second kappa shape index (κ2) is 3.65. The summed E-state index contributed by atoms with van der Waals surface area (Å²) >= 11 is 4.34. The fourth-order valence-electron chi connectivity index (χ4n) is 0.0417. The lowest BCUT2D eigenvalue weighted by Gasteiger charge is -1.57. The summed E-state index contributed by atoms with van der Waals surface area (Å²) in [5.74, 6) is 2.11. The minimum absolute atomic E-state index is 0.495. The smallest absolute Gasteiger partial charge is 0.0384 e. The molecule has 0 bridgehead atoms. The lowest BCUT2D eigenvalue weighted by molar-refractivity contribution is 1.69. The summed E-state index contributed by atoms with van der Waals surface area (Å²) in [4.78, 5) is 0. The van der Waals surface area contributed by atoms with Crippen LogP contribution in [-0.4, -0.2) is 5.37 Å². The Morgan fingerprint density at radius 2 is 2.60 bits per heavy atom. The van der Waals surface area contributed by atoms with Gasteiger partial charge in [0.25, 0.3) is 0 Å². The highest BCUT2D eigenvalue weighted by molar-refractivity contribution is 7.79. The van der Waals surface area contributed by atoms with Gasteiger partial charge in [-0.15, -0.1) is 0 Å². The van der Waals surface area contributed by atoms with Crippen LogP contribution in [0.5, 0.6) is 0 Å². The van der Waals surface area contributed by atoms with Crippen LogP contribution in [0, 0.1) is 12.3 Å². The number of hydrogen-bond donors (Lipinski definition) is 0. The van der Waals surface area contributed by atoms with Gasteiger partial charge in [-0.2, -0.15) is 0 Å². The summed E-state index contributed by atoms with van der Waals surface area (Å²) in [5, 5.41) is 1.47. The van der Waals surface area contributed by atoms with Gasteiger partial charge in [0.05, 0.1) is 0 Å². The molecule has 0 aliphatic carbocycles. The Balaban J connectivity index is 2.75. The van der Waals surface area contributed by atoms with Crippen molar-refractivity contribution in [1.29, 1.82) is 0 Å². The zero-order valence-electron chi connectivity index (χ0n) is 2.69. The van der Waals surface area contributed by atoms with E-state index in [9.17, 15) is 0 Å². The van der Waals surface area contributed by atoms with E-state index in [1.165, 1.54) is 5.37 Å². The van der Waals surface area contributed by atoms with E-state index in [1.807, 2.05) is 0 Å². The van der Waals surface area contributed by atoms with Crippen molar-refractivity contribution in [3.63, 3.8) is 0 Å². The van der Waals surface area contributed by atoms with E-state index in [-0.39, 0.29) is 0 Å². The molecular formula is C4H3S. The fraction of sp³-hybridized carbons (Fsp3) is 0.250. The molecule has 0 saturated heterocycles. The summed E-state index contributed by atoms with van der Waals surface area (Å²) < 4.78 is 0. The molecule has 0 atom stereocenters. The molecule has 0 aliphatic heterocycles. The zero-order chi connectivity index (χ0) is 4.12. The van der Waals surface area contributed by atoms with Gasteiger partial charge in [-0.25, -0.2) is 0 Å². The summed E-state index contributed by atoms with van der Waals surface area (Å²) in [5.41, 5.74) is 0. The molecule has 0 aromatic rings. The third-order valence-electron chi connectivity index (χ3n) is 0.185. The number of hydrogen-bond acceptors (Lipinski definition) is 1. The first-order valence-corrected chi connectivity index (χ1v) is 1.72. The summed E-state index contributed by atoms with van der Waals surface area (Å²) in [7, 11) is 0. The Morgan fingerprint density at radius 3 is 2.60 bits per heavy atom. The van der Waals surface area contributed by atoms with E-state index in [4.69, 9.17) is 6.42 Å². The largest absolute Gasteiger partial charge is 0.0924 e. The molecule has 5 heavy (non-hydrogen) atoms. The number of rotatable bonds is 1. The maximum atomic E-state index is 6.25. The average molecular weight is 83.1 g/mol. The van der Waals surface area contributed by atoms with E-state index in [0.29, 0.717) is 6.42 Å². The molecule has 0 N–H and O–H groups in total. The van der Waals surface area contributed by atoms with Crippen LogP contribution in [0.3, 0.4) is 0 Å². The van der Waals surface area contributed by atoms with Crippen LogP contribution >= 0.6 is 12.2 Å². The van der Waals surface area contributed by atoms with Gasteiger partial charge < -0.3 is 0 Å². The summed E-state index contributed by atoms with van der Waals surface area (Å²) in [6.45, 7) is 0. The molecule has 0 rings (SSSR count). The second-order valence-corrected chi connectivity index (χ2v) is 0.881. The first-order chi connectivity index (χ1) is 2.41. The minimum Gasteiger partial charge on any atom is -0.0924 e. The zero-order valence-corrected chi connectivity index (χ0v) is 3.51. The molecular weight excluding hydrogens is 80.1 g/mol. The maximum Gasteiger partial charge on any atom is 0.0384 e. The van der Waals surface area contributed by atoms with Gasteiger partial charge in [0, 0.05) is 6.42 Å². The highest BCUT2D eigenvalue weighted by Gasteiger charge is 1.55. The quantitative estimate of drug-likeness (QED) is 0.336. The Kier molecular flexibility index (Phi) is 3.39. The standard InChI is InChI=1S/C4H3S/c1-2-3-4-5/h4H,3H2. The fourth-order valence-corrected chi connectivity index (χ4v) is 0.125. The third-order valence-corrected chi connectivity index (χ3v) is 0.352. The van der Waals surface area contributed by atoms with Crippen molar-refractivity contribution in [2.45, 2.75) is 6.42 Å². The maximum absolute atomic E-state index is 6.25. The first kappa shape index (κ1) is 4.65. The van der Waals surface area contributed by atoms with Crippen molar-refractivity contribution in [2.75, 3.05) is 0 Å². The molecule has 0 nitrogen and oxygen atoms in total. The Hall–Kier alpha value is -0.350. The van der Waals surface area contributed by atoms with E-state index < -0.39 is 0 Å². The van der Waals surface area contributed by atoms with Crippen molar-refractivity contribution < 1.29 is 0 Å². The average Bonchev–Trinajstić information content (AvgIpc) is 1.41. The van der Waals surface area contributed by atoms with Crippen LogP contribution in [-0.2, 0) is 0 Å². The molecule has 1 radical (unpaired) electrons. The van der Waals surface area contributed by atoms with Crippen LogP contribution in [0.2, 0.25) is 0 Å². The van der Waals surface area contributed by atoms with Gasteiger partial charge in [-0.3, -0.25) is 0 Å². The van der Waals surface area contributed by atoms with Crippen molar-refractivity contribution >= 4 is 17.6 Å². The van der Waals surface area contributed by atoms with Gasteiger partial charge in [0.1, 0.15) is 0 Å². The van der Waals surface area contributed by atoms with Crippen molar-refractivity contribution in [3.8, 4) is 5.92 Å². The molecule has 0 fully saturated rings. The first-order valence-electron chi connectivity index (χ1n) is 1.25. The van der Waals surface area contributed by atoms with Crippen LogP contribution in [0.25, 0.3) is 0 Å². The second-order valence-electron chi connectivity index (χ2n) is 0.548. The molecule has 0 amide bonds. The van der Waals surface area contributed by atoms with Crippen LogP contribution in [0.4, 0.5) is 0 Å². The van der Waals surface area contributed by atoms with Crippen LogP contribution in [0.15, 0.2) is 0 Å². The number of thiocarbonyl (C=S) groups is 1. The van der Waals surface area contributed by atoms with Gasteiger partial charge in [0.15, 0.2) is 0 Å². The molecule has 0 aromatic heterocycles. The Morgan fingerprint density at radius 1 is 2.00 bits per heavy atom. The Bertz CT molecular complexity index is 58.5.